The van der Waals surface area contributed by atoms with Gasteiger partial charge in [0.15, 0.2) is 0 Å². The van der Waals surface area contributed by atoms with E-state index in [0.717, 1.165) is 27.8 Å². The molecule has 0 heterocycles. The molecule has 5 nitrogen and oxygen atoms in total. The lowest BCUT2D eigenvalue weighted by atomic mass is 9.93. The molecular formula is C25H22ClNO4. The number of carbonyl (C=O) groups is 2. The zero-order valence-electron chi connectivity index (χ0n) is 17.0. The number of carboxylic acids is 1. The number of amides is 1. The van der Waals surface area contributed by atoms with Crippen molar-refractivity contribution in [1.29, 1.82) is 0 Å². The summed E-state index contributed by atoms with van der Waals surface area (Å²) in [6.07, 6.45) is -0.662. The van der Waals surface area contributed by atoms with Gasteiger partial charge in [-0.2, -0.15) is 0 Å². The summed E-state index contributed by atoms with van der Waals surface area (Å²) in [6, 6.07) is 22.9. The molecule has 0 fully saturated rings. The molecule has 0 bridgehead atoms. The lowest BCUT2D eigenvalue weighted by Crippen LogP contribution is -2.54. The number of carbonyl (C=O) groups excluding carboxylic acids is 1. The number of fused-ring (bicyclic) bond motifs is 3. The lowest BCUT2D eigenvalue weighted by Gasteiger charge is -2.26. The molecule has 1 atom stereocenters. The van der Waals surface area contributed by atoms with Crippen molar-refractivity contribution in [2.75, 3.05) is 6.61 Å². The van der Waals surface area contributed by atoms with Crippen molar-refractivity contribution in [3.05, 3.63) is 94.5 Å². The SMILES string of the molecule is CC(Cc1ccc(Cl)cc1)(NC(=O)OCC1c2ccccc2-c2ccccc21)C(=O)O. The van der Waals surface area contributed by atoms with E-state index in [0.29, 0.717) is 5.02 Å². The summed E-state index contributed by atoms with van der Waals surface area (Å²) < 4.78 is 5.51. The standard InChI is InChI=1S/C25H22ClNO4/c1-25(23(28)29,14-16-10-12-17(26)13-11-16)27-24(30)31-15-22-20-8-4-2-6-18(20)19-7-3-5-9-21(19)22/h2-13,22H,14-15H2,1H3,(H,27,30)(H,28,29). The minimum atomic E-state index is -1.52. The predicted molar refractivity (Wildman–Crippen MR) is 119 cm³/mol. The average molecular weight is 436 g/mol. The molecule has 0 saturated heterocycles. The lowest BCUT2D eigenvalue weighted by molar-refractivity contribution is -0.143. The number of nitrogens with one attached hydrogen (secondary N) is 1. The van der Waals surface area contributed by atoms with Crippen molar-refractivity contribution in [2.24, 2.45) is 0 Å². The molecule has 1 aliphatic carbocycles. The van der Waals surface area contributed by atoms with Gasteiger partial charge in [-0.25, -0.2) is 9.59 Å². The van der Waals surface area contributed by atoms with E-state index in [9.17, 15) is 14.7 Å². The second kappa shape index (κ2) is 8.44. The molecule has 31 heavy (non-hydrogen) atoms. The van der Waals surface area contributed by atoms with Crippen LogP contribution in [0.3, 0.4) is 0 Å². The molecule has 4 rings (SSSR count). The first-order valence-electron chi connectivity index (χ1n) is 9.98. The van der Waals surface area contributed by atoms with Gasteiger partial charge < -0.3 is 15.2 Å². The minimum Gasteiger partial charge on any atom is -0.480 e. The first-order chi connectivity index (χ1) is 14.9. The van der Waals surface area contributed by atoms with Crippen molar-refractivity contribution in [1.82, 2.24) is 5.32 Å². The number of carboxylic acid groups (broad SMARTS) is 1. The molecule has 0 radical (unpaired) electrons. The quantitative estimate of drug-likeness (QED) is 0.553. The highest BCUT2D eigenvalue weighted by molar-refractivity contribution is 6.30. The highest BCUT2D eigenvalue weighted by Crippen LogP contribution is 2.44. The summed E-state index contributed by atoms with van der Waals surface area (Å²) in [5.41, 5.74) is 3.68. The van der Waals surface area contributed by atoms with Gasteiger partial charge in [-0.1, -0.05) is 72.3 Å². The molecule has 0 saturated carbocycles. The molecule has 158 valence electrons. The van der Waals surface area contributed by atoms with E-state index in [1.165, 1.54) is 6.92 Å². The van der Waals surface area contributed by atoms with Gasteiger partial charge in [0.1, 0.15) is 12.1 Å². The summed E-state index contributed by atoms with van der Waals surface area (Å²) in [7, 11) is 0. The van der Waals surface area contributed by atoms with Gasteiger partial charge in [-0.15, -0.1) is 0 Å². The van der Waals surface area contributed by atoms with Crippen LogP contribution in [0.2, 0.25) is 5.02 Å². The van der Waals surface area contributed by atoms with Crippen LogP contribution in [0.25, 0.3) is 11.1 Å². The largest absolute Gasteiger partial charge is 0.480 e. The molecule has 1 amide bonds. The third-order valence-electron chi connectivity index (χ3n) is 5.66. The Hall–Kier alpha value is -3.31. The van der Waals surface area contributed by atoms with E-state index in [1.54, 1.807) is 24.3 Å². The fourth-order valence-electron chi connectivity index (χ4n) is 4.04. The van der Waals surface area contributed by atoms with Crippen molar-refractivity contribution in [3.63, 3.8) is 0 Å². The molecule has 2 N–H and O–H groups in total. The van der Waals surface area contributed by atoms with Crippen LogP contribution in [0.4, 0.5) is 4.79 Å². The first-order valence-corrected chi connectivity index (χ1v) is 10.4. The van der Waals surface area contributed by atoms with E-state index < -0.39 is 17.6 Å². The highest BCUT2D eigenvalue weighted by Gasteiger charge is 2.36. The van der Waals surface area contributed by atoms with Crippen LogP contribution in [-0.2, 0) is 16.0 Å². The summed E-state index contributed by atoms with van der Waals surface area (Å²) in [6.45, 7) is 1.59. The molecule has 1 aliphatic rings. The monoisotopic (exact) mass is 435 g/mol. The molecule has 0 aromatic heterocycles. The van der Waals surface area contributed by atoms with Gasteiger partial charge in [0.25, 0.3) is 0 Å². The number of hydrogen-bond donors (Lipinski definition) is 2. The van der Waals surface area contributed by atoms with Crippen molar-refractivity contribution in [2.45, 2.75) is 24.8 Å². The second-order valence-electron chi connectivity index (χ2n) is 7.89. The molecule has 1 unspecified atom stereocenters. The van der Waals surface area contributed by atoms with E-state index in [-0.39, 0.29) is 18.9 Å². The normalized spacial score (nSPS) is 14.3. The number of hydrogen-bond acceptors (Lipinski definition) is 3. The zero-order valence-corrected chi connectivity index (χ0v) is 17.7. The Balaban J connectivity index is 1.47. The van der Waals surface area contributed by atoms with E-state index >= 15 is 0 Å². The molecule has 6 heteroatoms. The van der Waals surface area contributed by atoms with Crippen LogP contribution < -0.4 is 5.32 Å². The van der Waals surface area contributed by atoms with Gasteiger partial charge in [-0.05, 0) is 46.9 Å². The van der Waals surface area contributed by atoms with Crippen LogP contribution in [0.5, 0.6) is 0 Å². The second-order valence-corrected chi connectivity index (χ2v) is 8.33. The summed E-state index contributed by atoms with van der Waals surface area (Å²) in [5, 5.41) is 12.8. The van der Waals surface area contributed by atoms with Crippen LogP contribution in [0, 0.1) is 0 Å². The number of alkyl carbamates (subject to hydrolysis) is 1. The number of ether oxygens (including phenoxy) is 1. The third-order valence-corrected chi connectivity index (χ3v) is 5.92. The van der Waals surface area contributed by atoms with Crippen molar-refractivity contribution >= 4 is 23.7 Å². The van der Waals surface area contributed by atoms with Gasteiger partial charge >= 0.3 is 12.1 Å². The van der Waals surface area contributed by atoms with E-state index in [4.69, 9.17) is 16.3 Å². The average Bonchev–Trinajstić information content (AvgIpc) is 3.08. The zero-order chi connectivity index (χ0) is 22.0. The van der Waals surface area contributed by atoms with Crippen LogP contribution in [0.15, 0.2) is 72.8 Å². The van der Waals surface area contributed by atoms with Crippen LogP contribution in [0.1, 0.15) is 29.5 Å². The number of halogens is 1. The van der Waals surface area contributed by atoms with Crippen LogP contribution in [-0.4, -0.2) is 29.3 Å². The topological polar surface area (TPSA) is 75.6 Å². The van der Waals surface area contributed by atoms with Gasteiger partial charge in [0.2, 0.25) is 0 Å². The Morgan fingerprint density at radius 1 is 0.968 bits per heavy atom. The van der Waals surface area contributed by atoms with E-state index in [2.05, 4.69) is 17.4 Å². The molecule has 3 aromatic carbocycles. The fourth-order valence-corrected chi connectivity index (χ4v) is 4.17. The maximum atomic E-state index is 12.6. The van der Waals surface area contributed by atoms with Gasteiger partial charge in [-0.3, -0.25) is 0 Å². The number of aliphatic carboxylic acids is 1. The fraction of sp³-hybridized carbons (Fsp3) is 0.200. The highest BCUT2D eigenvalue weighted by atomic mass is 35.5. The molecule has 0 aliphatic heterocycles. The van der Waals surface area contributed by atoms with Gasteiger partial charge in [0.05, 0.1) is 0 Å². The number of rotatable bonds is 6. The molecular weight excluding hydrogens is 414 g/mol. The summed E-state index contributed by atoms with van der Waals surface area (Å²) in [4.78, 5) is 24.5. The Kier molecular flexibility index (Phi) is 5.70. The predicted octanol–water partition coefficient (Wildman–Crippen LogP) is 5.26. The minimum absolute atomic E-state index is 0.0921. The summed E-state index contributed by atoms with van der Waals surface area (Å²) >= 11 is 5.90. The molecule has 3 aromatic rings. The Morgan fingerprint density at radius 3 is 2.06 bits per heavy atom. The smallest absolute Gasteiger partial charge is 0.408 e. The Bertz CT molecular complexity index is 1080. The van der Waals surface area contributed by atoms with Crippen LogP contribution >= 0.6 is 11.6 Å². The first kappa shape index (κ1) is 20.9. The Labute approximate surface area is 185 Å². The Morgan fingerprint density at radius 2 is 1.52 bits per heavy atom. The molecule has 0 spiro atoms. The maximum Gasteiger partial charge on any atom is 0.408 e. The number of benzene rings is 3. The summed E-state index contributed by atoms with van der Waals surface area (Å²) in [5.74, 6) is -1.23. The van der Waals surface area contributed by atoms with Crippen molar-refractivity contribution in [3.8, 4) is 11.1 Å². The van der Waals surface area contributed by atoms with Gasteiger partial charge in [0, 0.05) is 17.4 Å². The maximum absolute atomic E-state index is 12.6. The van der Waals surface area contributed by atoms with Crippen molar-refractivity contribution < 1.29 is 19.4 Å². The third kappa shape index (κ3) is 4.28. The van der Waals surface area contributed by atoms with E-state index in [1.807, 2.05) is 36.4 Å².